The molecule has 0 aliphatic rings. The number of fused-ring (bicyclic) bond motifs is 2. The molecule has 0 spiro atoms. The predicted molar refractivity (Wildman–Crippen MR) is 138 cm³/mol. The van der Waals surface area contributed by atoms with Crippen LogP contribution in [0.5, 0.6) is 0 Å². The minimum atomic E-state index is -0.830. The van der Waals surface area contributed by atoms with E-state index < -0.39 is 12.1 Å². The maximum Gasteiger partial charge on any atom is 0.408 e. The maximum absolute atomic E-state index is 13.3. The molecule has 1 unspecified atom stereocenters. The van der Waals surface area contributed by atoms with Crippen molar-refractivity contribution in [1.29, 1.82) is 0 Å². The number of alkyl carbamates (subject to hydrolysis) is 1. The van der Waals surface area contributed by atoms with E-state index in [1.165, 1.54) is 0 Å². The van der Waals surface area contributed by atoms with Gasteiger partial charge in [0.2, 0.25) is 5.91 Å². The van der Waals surface area contributed by atoms with Gasteiger partial charge in [0.25, 0.3) is 0 Å². The van der Waals surface area contributed by atoms with Gasteiger partial charge in [0.05, 0.1) is 0 Å². The number of nitrogens with one attached hydrogen (secondary N) is 3. The number of rotatable bonds is 7. The number of anilines is 1. The summed E-state index contributed by atoms with van der Waals surface area (Å²) in [5, 5.41) is 8.83. The second kappa shape index (κ2) is 10.1. The molecule has 0 aliphatic heterocycles. The van der Waals surface area contributed by atoms with Crippen LogP contribution in [-0.4, -0.2) is 23.0 Å². The summed E-state index contributed by atoms with van der Waals surface area (Å²) in [7, 11) is 0. The van der Waals surface area contributed by atoms with Crippen molar-refractivity contribution in [2.45, 2.75) is 19.1 Å². The molecule has 0 aliphatic carbocycles. The number of carbonyl (C=O) groups is 2. The van der Waals surface area contributed by atoms with E-state index in [4.69, 9.17) is 4.74 Å². The van der Waals surface area contributed by atoms with E-state index in [1.54, 1.807) is 0 Å². The van der Waals surface area contributed by atoms with Crippen LogP contribution < -0.4 is 10.6 Å². The topological polar surface area (TPSA) is 83.2 Å². The summed E-state index contributed by atoms with van der Waals surface area (Å²) in [4.78, 5) is 29.2. The highest BCUT2D eigenvalue weighted by molar-refractivity contribution is 5.99. The molecule has 6 nitrogen and oxygen atoms in total. The number of aromatic amines is 1. The zero-order valence-electron chi connectivity index (χ0n) is 19.0. The summed E-state index contributed by atoms with van der Waals surface area (Å²) in [5.41, 5.74) is 3.44. The molecule has 2 amide bonds. The van der Waals surface area contributed by atoms with E-state index in [2.05, 4.69) is 15.6 Å². The SMILES string of the molecule is O=C(NC(Cc1c[nH]c2ccccc12)C(=O)Nc1ccc2ccccc2c1)OCc1ccccc1. The Balaban J connectivity index is 1.34. The fourth-order valence-electron chi connectivity index (χ4n) is 4.13. The molecule has 6 heteroatoms. The Labute approximate surface area is 202 Å². The predicted octanol–water partition coefficient (Wildman–Crippen LogP) is 5.80. The lowest BCUT2D eigenvalue weighted by Crippen LogP contribution is -2.45. The van der Waals surface area contributed by atoms with E-state index in [0.717, 1.165) is 32.8 Å². The van der Waals surface area contributed by atoms with Crippen LogP contribution in [0, 0.1) is 0 Å². The molecular formula is C29H25N3O3. The first kappa shape index (κ1) is 22.2. The molecule has 4 aromatic carbocycles. The van der Waals surface area contributed by atoms with E-state index in [-0.39, 0.29) is 12.5 Å². The van der Waals surface area contributed by atoms with Crippen molar-refractivity contribution in [2.75, 3.05) is 5.32 Å². The number of para-hydroxylation sites is 1. The fraction of sp³-hybridized carbons (Fsp3) is 0.103. The molecule has 0 bridgehead atoms. The largest absolute Gasteiger partial charge is 0.445 e. The number of ether oxygens (including phenoxy) is 1. The van der Waals surface area contributed by atoms with Crippen LogP contribution in [0.1, 0.15) is 11.1 Å². The van der Waals surface area contributed by atoms with E-state index >= 15 is 0 Å². The van der Waals surface area contributed by atoms with Crippen LogP contribution in [0.25, 0.3) is 21.7 Å². The number of amides is 2. The van der Waals surface area contributed by atoms with Gasteiger partial charge in [-0.2, -0.15) is 0 Å². The molecule has 35 heavy (non-hydrogen) atoms. The van der Waals surface area contributed by atoms with Crippen molar-refractivity contribution in [1.82, 2.24) is 10.3 Å². The lowest BCUT2D eigenvalue weighted by Gasteiger charge is -2.18. The molecule has 1 atom stereocenters. The highest BCUT2D eigenvalue weighted by atomic mass is 16.5. The number of hydrogen-bond donors (Lipinski definition) is 3. The van der Waals surface area contributed by atoms with Gasteiger partial charge in [-0.15, -0.1) is 0 Å². The zero-order valence-corrected chi connectivity index (χ0v) is 19.0. The third-order valence-electron chi connectivity index (χ3n) is 5.94. The summed E-state index contributed by atoms with van der Waals surface area (Å²) < 4.78 is 5.39. The second-order valence-electron chi connectivity index (χ2n) is 8.37. The Kier molecular flexibility index (Phi) is 6.44. The van der Waals surface area contributed by atoms with Crippen molar-refractivity contribution in [3.05, 3.63) is 114 Å². The van der Waals surface area contributed by atoms with E-state index in [9.17, 15) is 9.59 Å². The monoisotopic (exact) mass is 463 g/mol. The van der Waals surface area contributed by atoms with E-state index in [1.807, 2.05) is 103 Å². The van der Waals surface area contributed by atoms with Crippen molar-refractivity contribution in [3.8, 4) is 0 Å². The maximum atomic E-state index is 13.3. The highest BCUT2D eigenvalue weighted by Gasteiger charge is 2.23. The first-order valence-electron chi connectivity index (χ1n) is 11.5. The molecule has 0 fully saturated rings. The molecular weight excluding hydrogens is 438 g/mol. The first-order chi connectivity index (χ1) is 17.2. The van der Waals surface area contributed by atoms with Crippen LogP contribution in [0.3, 0.4) is 0 Å². The molecule has 1 aromatic heterocycles. The van der Waals surface area contributed by atoms with Gasteiger partial charge in [0.15, 0.2) is 0 Å². The zero-order chi connectivity index (χ0) is 24.0. The van der Waals surface area contributed by atoms with Crippen LogP contribution in [0.15, 0.2) is 103 Å². The lowest BCUT2D eigenvalue weighted by molar-refractivity contribution is -0.118. The summed E-state index contributed by atoms with van der Waals surface area (Å²) in [6.07, 6.45) is 1.54. The van der Waals surface area contributed by atoms with Crippen molar-refractivity contribution >= 4 is 39.4 Å². The van der Waals surface area contributed by atoms with Gasteiger partial charge < -0.3 is 20.4 Å². The molecule has 0 radical (unpaired) electrons. The van der Waals surface area contributed by atoms with Gasteiger partial charge in [-0.25, -0.2) is 4.79 Å². The van der Waals surface area contributed by atoms with Gasteiger partial charge in [0, 0.05) is 29.2 Å². The number of hydrogen-bond acceptors (Lipinski definition) is 3. The summed E-state index contributed by atoms with van der Waals surface area (Å²) in [6, 6.07) is 30.1. The molecule has 1 heterocycles. The Morgan fingerprint density at radius 1 is 0.829 bits per heavy atom. The minimum absolute atomic E-state index is 0.124. The molecule has 5 rings (SSSR count). The van der Waals surface area contributed by atoms with Gasteiger partial charge in [-0.3, -0.25) is 4.79 Å². The fourth-order valence-corrected chi connectivity index (χ4v) is 4.13. The van der Waals surface area contributed by atoms with E-state index in [0.29, 0.717) is 12.1 Å². The molecule has 5 aromatic rings. The normalized spacial score (nSPS) is 11.8. The van der Waals surface area contributed by atoms with Gasteiger partial charge in [-0.1, -0.05) is 78.9 Å². The second-order valence-corrected chi connectivity index (χ2v) is 8.37. The van der Waals surface area contributed by atoms with Crippen molar-refractivity contribution in [2.24, 2.45) is 0 Å². The van der Waals surface area contributed by atoms with Crippen LogP contribution in [-0.2, 0) is 22.6 Å². The number of benzene rings is 4. The first-order valence-corrected chi connectivity index (χ1v) is 11.5. The van der Waals surface area contributed by atoms with Gasteiger partial charge in [-0.05, 0) is 40.1 Å². The average Bonchev–Trinajstić information content (AvgIpc) is 3.30. The number of carbonyl (C=O) groups excluding carboxylic acids is 2. The Morgan fingerprint density at radius 2 is 1.57 bits per heavy atom. The standard InChI is InChI=1S/C29H25N3O3/c33-28(31-24-15-14-21-10-4-5-11-22(21)16-24)27(17-23-18-30-26-13-7-6-12-25(23)26)32-29(34)35-19-20-8-2-1-3-9-20/h1-16,18,27,30H,17,19H2,(H,31,33)(H,32,34). The third kappa shape index (κ3) is 5.33. The Hall–Kier alpha value is -4.58. The summed E-state index contributed by atoms with van der Waals surface area (Å²) >= 11 is 0. The van der Waals surface area contributed by atoms with Crippen LogP contribution in [0.4, 0.5) is 10.5 Å². The van der Waals surface area contributed by atoms with Crippen LogP contribution in [0.2, 0.25) is 0 Å². The van der Waals surface area contributed by atoms with Crippen LogP contribution >= 0.6 is 0 Å². The lowest BCUT2D eigenvalue weighted by atomic mass is 10.0. The summed E-state index contributed by atoms with van der Waals surface area (Å²) in [5.74, 6) is -0.317. The van der Waals surface area contributed by atoms with Gasteiger partial charge in [0.1, 0.15) is 12.6 Å². The van der Waals surface area contributed by atoms with Crippen molar-refractivity contribution < 1.29 is 14.3 Å². The Bertz CT molecular complexity index is 1480. The molecule has 174 valence electrons. The molecule has 0 saturated heterocycles. The average molecular weight is 464 g/mol. The quantitative estimate of drug-likeness (QED) is 0.285. The smallest absolute Gasteiger partial charge is 0.408 e. The summed E-state index contributed by atoms with van der Waals surface area (Å²) in [6.45, 7) is 0.124. The molecule has 0 saturated carbocycles. The number of aromatic nitrogens is 1. The Morgan fingerprint density at radius 3 is 2.43 bits per heavy atom. The van der Waals surface area contributed by atoms with Gasteiger partial charge >= 0.3 is 6.09 Å². The minimum Gasteiger partial charge on any atom is -0.445 e. The number of H-pyrrole nitrogens is 1. The van der Waals surface area contributed by atoms with Crippen molar-refractivity contribution in [3.63, 3.8) is 0 Å². The highest BCUT2D eigenvalue weighted by Crippen LogP contribution is 2.21. The third-order valence-corrected chi connectivity index (χ3v) is 5.94. The molecule has 3 N–H and O–H groups in total.